The highest BCUT2D eigenvalue weighted by atomic mass is 127. The number of methoxy groups -OCH3 is 1. The minimum Gasteiger partial charge on any atom is -0.497 e. The van der Waals surface area contributed by atoms with E-state index in [9.17, 15) is 0 Å². The Bertz CT molecular complexity index is 654. The van der Waals surface area contributed by atoms with Gasteiger partial charge in [0, 0.05) is 32.0 Å². The van der Waals surface area contributed by atoms with Crippen LogP contribution in [0.1, 0.15) is 12.0 Å². The second kappa shape index (κ2) is 10.8. The van der Waals surface area contributed by atoms with E-state index in [-0.39, 0.29) is 24.0 Å². The van der Waals surface area contributed by atoms with Gasteiger partial charge < -0.3 is 20.7 Å². The van der Waals surface area contributed by atoms with Crippen LogP contribution in [-0.2, 0) is 6.42 Å². The number of ether oxygens (including phenoxy) is 1. The van der Waals surface area contributed by atoms with Crippen molar-refractivity contribution in [3.8, 4) is 5.75 Å². The first-order chi connectivity index (χ1) is 11.6. The fourth-order valence-electron chi connectivity index (χ4n) is 2.31. The Morgan fingerprint density at radius 1 is 1.08 bits per heavy atom. The Hall–Kier alpha value is -1.96. The Labute approximate surface area is 167 Å². The molecule has 0 fully saturated rings. The lowest BCUT2D eigenvalue weighted by Crippen LogP contribution is -2.22. The largest absolute Gasteiger partial charge is 0.497 e. The number of halogens is 1. The average Bonchev–Trinajstić information content (AvgIpc) is 2.60. The van der Waals surface area contributed by atoms with Crippen molar-refractivity contribution in [3.63, 3.8) is 0 Å². The van der Waals surface area contributed by atoms with E-state index in [1.54, 1.807) is 7.11 Å². The highest BCUT2D eigenvalue weighted by Crippen LogP contribution is 2.15. The molecule has 2 aromatic rings. The highest BCUT2D eigenvalue weighted by molar-refractivity contribution is 14.0. The standard InChI is InChI=1S/C19H26N4O.HI/c1-23(2)17-10-6-15(7-11-17)5-4-14-21-19(20)22-16-8-12-18(24-3)13-9-16;/h6-13H,4-5,14H2,1-3H3,(H3,20,21,22);1H. The number of hydrogen-bond acceptors (Lipinski definition) is 3. The average molecular weight is 454 g/mol. The zero-order chi connectivity index (χ0) is 17.4. The van der Waals surface area contributed by atoms with Gasteiger partial charge in [-0.15, -0.1) is 24.0 Å². The molecular weight excluding hydrogens is 427 g/mol. The van der Waals surface area contributed by atoms with Crippen LogP contribution < -0.4 is 20.7 Å². The molecule has 0 atom stereocenters. The van der Waals surface area contributed by atoms with Crippen LogP contribution in [0.25, 0.3) is 0 Å². The molecule has 0 amide bonds. The van der Waals surface area contributed by atoms with E-state index in [0.29, 0.717) is 12.5 Å². The zero-order valence-electron chi connectivity index (χ0n) is 15.0. The maximum absolute atomic E-state index is 5.91. The van der Waals surface area contributed by atoms with Crippen LogP contribution in [0, 0.1) is 0 Å². The van der Waals surface area contributed by atoms with E-state index >= 15 is 0 Å². The van der Waals surface area contributed by atoms with E-state index in [0.717, 1.165) is 24.3 Å². The summed E-state index contributed by atoms with van der Waals surface area (Å²) < 4.78 is 5.12. The molecule has 0 spiro atoms. The molecule has 0 aliphatic rings. The maximum Gasteiger partial charge on any atom is 0.193 e. The summed E-state index contributed by atoms with van der Waals surface area (Å²) >= 11 is 0. The monoisotopic (exact) mass is 454 g/mol. The Morgan fingerprint density at radius 2 is 1.72 bits per heavy atom. The molecule has 5 nitrogen and oxygen atoms in total. The molecule has 25 heavy (non-hydrogen) atoms. The van der Waals surface area contributed by atoms with Crippen molar-refractivity contribution in [1.82, 2.24) is 0 Å². The third kappa shape index (κ3) is 7.21. The smallest absolute Gasteiger partial charge is 0.193 e. The first-order valence-corrected chi connectivity index (χ1v) is 8.06. The van der Waals surface area contributed by atoms with Gasteiger partial charge in [-0.1, -0.05) is 12.1 Å². The van der Waals surface area contributed by atoms with Crippen LogP contribution in [0.15, 0.2) is 53.5 Å². The molecule has 0 heterocycles. The molecule has 0 aromatic heterocycles. The summed E-state index contributed by atoms with van der Waals surface area (Å²) in [4.78, 5) is 6.46. The molecule has 2 rings (SSSR count). The summed E-state index contributed by atoms with van der Waals surface area (Å²) in [5, 5.41) is 3.08. The van der Waals surface area contributed by atoms with Crippen LogP contribution in [0.3, 0.4) is 0 Å². The molecule has 0 bridgehead atoms. The van der Waals surface area contributed by atoms with Gasteiger partial charge in [-0.25, -0.2) is 0 Å². The van der Waals surface area contributed by atoms with Gasteiger partial charge in [0.25, 0.3) is 0 Å². The number of benzene rings is 2. The topological polar surface area (TPSA) is 62.9 Å². The van der Waals surface area contributed by atoms with E-state index in [1.165, 1.54) is 11.3 Å². The van der Waals surface area contributed by atoms with Gasteiger partial charge in [0.2, 0.25) is 0 Å². The number of aryl methyl sites for hydroxylation is 1. The van der Waals surface area contributed by atoms with Gasteiger partial charge in [-0.3, -0.25) is 4.99 Å². The molecule has 0 saturated carbocycles. The first-order valence-electron chi connectivity index (χ1n) is 8.06. The molecule has 0 unspecified atom stereocenters. The SMILES string of the molecule is COc1ccc(NC(N)=NCCCc2ccc(N(C)C)cc2)cc1.I. The van der Waals surface area contributed by atoms with E-state index in [2.05, 4.69) is 39.5 Å². The number of aliphatic imine (C=N–C) groups is 1. The molecule has 136 valence electrons. The Balaban J connectivity index is 0.00000312. The van der Waals surface area contributed by atoms with Crippen molar-refractivity contribution < 1.29 is 4.74 Å². The van der Waals surface area contributed by atoms with Crippen molar-refractivity contribution in [2.45, 2.75) is 12.8 Å². The molecule has 0 saturated heterocycles. The number of nitrogens with zero attached hydrogens (tertiary/aromatic N) is 2. The quantitative estimate of drug-likeness (QED) is 0.290. The van der Waals surface area contributed by atoms with Crippen LogP contribution in [-0.4, -0.2) is 33.7 Å². The Kier molecular flexibility index (Phi) is 9.12. The predicted molar refractivity (Wildman–Crippen MR) is 118 cm³/mol. The van der Waals surface area contributed by atoms with Crippen LogP contribution in [0.5, 0.6) is 5.75 Å². The summed E-state index contributed by atoms with van der Waals surface area (Å²) in [6.45, 7) is 0.699. The van der Waals surface area contributed by atoms with E-state index in [4.69, 9.17) is 10.5 Å². The molecule has 0 aliphatic carbocycles. The molecule has 0 radical (unpaired) electrons. The van der Waals surface area contributed by atoms with Crippen molar-refractivity contribution in [3.05, 3.63) is 54.1 Å². The van der Waals surface area contributed by atoms with Gasteiger partial charge in [-0.2, -0.15) is 0 Å². The van der Waals surface area contributed by atoms with Crippen LogP contribution in [0.4, 0.5) is 11.4 Å². The molecule has 6 heteroatoms. The summed E-state index contributed by atoms with van der Waals surface area (Å²) in [5.41, 5.74) is 9.34. The van der Waals surface area contributed by atoms with E-state index in [1.807, 2.05) is 38.4 Å². The van der Waals surface area contributed by atoms with Gasteiger partial charge in [0.05, 0.1) is 7.11 Å². The van der Waals surface area contributed by atoms with E-state index < -0.39 is 0 Å². The number of rotatable bonds is 7. The number of hydrogen-bond donors (Lipinski definition) is 2. The molecular formula is C19H27IN4O. The number of nitrogens with two attached hydrogens (primary N) is 1. The highest BCUT2D eigenvalue weighted by Gasteiger charge is 1.98. The number of guanidine groups is 1. The van der Waals surface area contributed by atoms with Crippen molar-refractivity contribution in [1.29, 1.82) is 0 Å². The fraction of sp³-hybridized carbons (Fsp3) is 0.316. The van der Waals surface area contributed by atoms with Crippen LogP contribution in [0.2, 0.25) is 0 Å². The third-order valence-corrected chi connectivity index (χ3v) is 3.72. The minimum atomic E-state index is 0. The fourth-order valence-corrected chi connectivity index (χ4v) is 2.31. The van der Waals surface area contributed by atoms with Crippen molar-refractivity contribution in [2.24, 2.45) is 10.7 Å². The lowest BCUT2D eigenvalue weighted by Gasteiger charge is -2.12. The van der Waals surface area contributed by atoms with Crippen molar-refractivity contribution in [2.75, 3.05) is 38.0 Å². The normalized spacial score (nSPS) is 10.8. The minimum absolute atomic E-state index is 0. The second-order valence-corrected chi connectivity index (χ2v) is 5.78. The lowest BCUT2D eigenvalue weighted by atomic mass is 10.1. The second-order valence-electron chi connectivity index (χ2n) is 5.78. The third-order valence-electron chi connectivity index (χ3n) is 3.72. The molecule has 0 aliphatic heterocycles. The van der Waals surface area contributed by atoms with Gasteiger partial charge >= 0.3 is 0 Å². The lowest BCUT2D eigenvalue weighted by molar-refractivity contribution is 0.415. The molecule has 2 aromatic carbocycles. The summed E-state index contributed by atoms with van der Waals surface area (Å²) in [7, 11) is 5.73. The van der Waals surface area contributed by atoms with Gasteiger partial charge in [0.1, 0.15) is 5.75 Å². The summed E-state index contributed by atoms with van der Waals surface area (Å²) in [5.74, 6) is 1.25. The zero-order valence-corrected chi connectivity index (χ0v) is 17.4. The number of nitrogens with one attached hydrogen (secondary N) is 1. The molecule has 3 N–H and O–H groups in total. The summed E-state index contributed by atoms with van der Waals surface area (Å²) in [6.07, 6.45) is 1.96. The van der Waals surface area contributed by atoms with Crippen LogP contribution >= 0.6 is 24.0 Å². The summed E-state index contributed by atoms with van der Waals surface area (Å²) in [6, 6.07) is 16.2. The predicted octanol–water partition coefficient (Wildman–Crippen LogP) is 3.74. The number of anilines is 2. The van der Waals surface area contributed by atoms with Gasteiger partial charge in [-0.05, 0) is 54.8 Å². The van der Waals surface area contributed by atoms with Gasteiger partial charge in [0.15, 0.2) is 5.96 Å². The Morgan fingerprint density at radius 3 is 2.28 bits per heavy atom. The first kappa shape index (κ1) is 21.1. The van der Waals surface area contributed by atoms with Crippen molar-refractivity contribution >= 4 is 41.3 Å². The maximum atomic E-state index is 5.91.